The summed E-state index contributed by atoms with van der Waals surface area (Å²) < 4.78 is 26.3. The van der Waals surface area contributed by atoms with Gasteiger partial charge in [0.15, 0.2) is 5.69 Å². The minimum absolute atomic E-state index is 0. The second-order valence-corrected chi connectivity index (χ2v) is 23.4. The van der Waals surface area contributed by atoms with Crippen LogP contribution in [0.4, 0.5) is 14.5 Å². The number of fused-ring (bicyclic) bond motifs is 3. The first-order valence-electron chi connectivity index (χ1n) is 33.5. The Balaban J connectivity index is 0.000000178. The van der Waals surface area contributed by atoms with Gasteiger partial charge in [0.25, 0.3) is 0 Å². The molecular weight excluding hydrogens is 1550 g/mol. The fraction of sp³-hybridized carbons (Fsp3) is 0.0426. The van der Waals surface area contributed by atoms with Crippen LogP contribution in [0.5, 0.6) is 0 Å². The van der Waals surface area contributed by atoms with E-state index in [9.17, 15) is 8.78 Å². The Bertz CT molecular complexity index is 5000. The van der Waals surface area contributed by atoms with E-state index in [0.717, 1.165) is 106 Å². The van der Waals surface area contributed by atoms with E-state index < -0.39 is 11.9 Å². The molecule has 109 heavy (non-hydrogen) atoms. The molecule has 17 rings (SSSR count). The summed E-state index contributed by atoms with van der Waals surface area (Å²) >= 11 is 3.35. The van der Waals surface area contributed by atoms with Gasteiger partial charge in [0, 0.05) is 35.2 Å². The number of halogens is 3. The number of hydrogen-bond acceptors (Lipinski definition) is 6. The molecule has 0 aliphatic carbocycles. The number of pyridine rings is 4. The van der Waals surface area contributed by atoms with Crippen molar-refractivity contribution < 1.29 is 72.8 Å². The molecule has 8 nitrogen and oxygen atoms in total. The molecule has 6 heterocycles. The maximum Gasteiger partial charge on any atom is 3.00 e. The first-order chi connectivity index (χ1) is 52.0. The van der Waals surface area contributed by atoms with Crippen molar-refractivity contribution >= 4 is 37.7 Å². The summed E-state index contributed by atoms with van der Waals surface area (Å²) in [5, 5.41) is 2.50. The van der Waals surface area contributed by atoms with Gasteiger partial charge in [-0.25, -0.2) is 27.1 Å². The van der Waals surface area contributed by atoms with Crippen molar-refractivity contribution in [3.8, 4) is 89.5 Å². The third kappa shape index (κ3) is 25.7. The molecule has 0 amide bonds. The van der Waals surface area contributed by atoms with Crippen LogP contribution >= 0.6 is 10.2 Å². The van der Waals surface area contributed by atoms with Gasteiger partial charge in [0.05, 0.1) is 6.57 Å². The number of aryl methyl sites for hydroxylation is 2. The molecule has 0 saturated carbocycles. The Morgan fingerprint density at radius 1 is 0.358 bits per heavy atom. The molecule has 15 heteroatoms. The Morgan fingerprint density at radius 3 is 0.927 bits per heavy atom. The van der Waals surface area contributed by atoms with Crippen molar-refractivity contribution in [3.63, 3.8) is 0 Å². The SMILES string of the molecule is CN1C=CN(C)[CH-]1.Fc1cccc(-c2[c-]c(-c3[c-]cccc3)ccc2)n1.Fc1cccc(-c2[c-]c(-c3[c-]cccc3)ccc2)n1.[C-]#[N+]c1c(C)cccc1C.[Cl][Ni].[Ni+3].[Ni+3].[Ni+3].[c-]1ccccc1-c1[c-]c(-c2ccccn2)ccc1.[c-]1ccccc1-c1[c-]c(-c2ccccn2)ccc1.c1ccc2c(c1)[n-]c1ccccc12. The van der Waals surface area contributed by atoms with E-state index in [1.54, 1.807) is 36.7 Å². The minimum atomic E-state index is -0.484. The van der Waals surface area contributed by atoms with Gasteiger partial charge in [-0.1, -0.05) is 115 Å². The van der Waals surface area contributed by atoms with Crippen molar-refractivity contribution in [3.05, 3.63) is 424 Å². The van der Waals surface area contributed by atoms with Gasteiger partial charge in [-0.05, 0) is 86.5 Å². The third-order valence-electron chi connectivity index (χ3n) is 15.8. The minimum Gasteiger partial charge on any atom is -0.657 e. The average molecular weight is 1620 g/mol. The quantitative estimate of drug-likeness (QED) is 0.0852. The van der Waals surface area contributed by atoms with Gasteiger partial charge in [-0.2, -0.15) is 183 Å². The Kier molecular flexibility index (Phi) is 35.4. The molecule has 11 aromatic carbocycles. The maximum absolute atomic E-state index is 13.1. The van der Waals surface area contributed by atoms with Crippen molar-refractivity contribution in [2.24, 2.45) is 0 Å². The number of rotatable bonds is 8. The standard InChI is InChI=1S/2C17H10FN.2C17H11N.C12H8N.C9H9N.C5H9N2.ClH.4Ni/c2*18-17-11-5-10-16(19-17)15-9-4-8-14(12-15)13-6-2-1-3-7-13;2*1-2-7-14(8-3-1)15-9-6-10-16(13-15)17-11-4-5-12-18-17;1-3-7-11-9(5-1)10-6-2-4-8-12(10)13-11;1-7-5-4-6-8(2)9(7)10-3;1-6-3-4-7(2)5-6;;;;;/h2*1-6,8-11H;2*1-7,9-12H;1-8H;4-6H,1-2H3;3-5H,1-2H3;1H;;;;/q4*-2;-1;;-1;;+1;3*+3/p-1. The summed E-state index contributed by atoms with van der Waals surface area (Å²) in [6.45, 7) is 12.8. The second-order valence-electron chi connectivity index (χ2n) is 23.4. The third-order valence-corrected chi connectivity index (χ3v) is 15.8. The maximum atomic E-state index is 13.1. The van der Waals surface area contributed by atoms with Crippen LogP contribution in [-0.4, -0.2) is 43.8 Å². The number of nitrogens with zero attached hydrogens (tertiary/aromatic N) is 8. The van der Waals surface area contributed by atoms with E-state index >= 15 is 0 Å². The first kappa shape index (κ1) is 85.0. The molecule has 0 atom stereocenters. The Labute approximate surface area is 681 Å². The zero-order valence-electron chi connectivity index (χ0n) is 59.3. The molecule has 0 unspecified atom stereocenters. The van der Waals surface area contributed by atoms with Gasteiger partial charge in [0.1, 0.15) is 0 Å². The molecule has 0 spiro atoms. The van der Waals surface area contributed by atoms with Crippen molar-refractivity contribution in [2.45, 2.75) is 13.8 Å². The van der Waals surface area contributed by atoms with Crippen LogP contribution in [0, 0.1) is 87.5 Å². The van der Waals surface area contributed by atoms with Crippen LogP contribution < -0.4 is 4.98 Å². The normalized spacial score (nSPS) is 10.4. The van der Waals surface area contributed by atoms with E-state index in [0.29, 0.717) is 11.4 Å². The summed E-state index contributed by atoms with van der Waals surface area (Å²) in [7, 11) is 8.26. The molecule has 0 N–H and O–H groups in total. The molecule has 0 bridgehead atoms. The summed E-state index contributed by atoms with van der Waals surface area (Å²) in [6, 6.07) is 124. The van der Waals surface area contributed by atoms with Crippen LogP contribution in [0.1, 0.15) is 11.1 Å². The zero-order valence-corrected chi connectivity index (χ0v) is 64.0. The van der Waals surface area contributed by atoms with Crippen molar-refractivity contribution in [1.29, 1.82) is 0 Å². The monoisotopic (exact) mass is 1610 g/mol. The van der Waals surface area contributed by atoms with Gasteiger partial charge >= 0.3 is 74.2 Å². The fourth-order valence-corrected chi connectivity index (χ4v) is 10.8. The smallest absolute Gasteiger partial charge is 0.657 e. The first-order valence-corrected chi connectivity index (χ1v) is 34.9. The Morgan fingerprint density at radius 2 is 0.642 bits per heavy atom. The average Bonchev–Trinajstić information content (AvgIpc) is 1.66. The van der Waals surface area contributed by atoms with E-state index in [4.69, 9.17) is 6.57 Å². The van der Waals surface area contributed by atoms with Crippen LogP contribution in [0.25, 0.3) is 116 Å². The van der Waals surface area contributed by atoms with Gasteiger partial charge in [-0.15, -0.1) is 106 Å². The predicted molar refractivity (Wildman–Crippen MR) is 423 cm³/mol. The topological polar surface area (TPSA) is 76.5 Å². The zero-order chi connectivity index (χ0) is 74.1. The van der Waals surface area contributed by atoms with Crippen LogP contribution in [-0.2, 0) is 64.0 Å². The predicted octanol–water partition coefficient (Wildman–Crippen LogP) is 23.3. The van der Waals surface area contributed by atoms with Gasteiger partial charge in [0.2, 0.25) is 11.9 Å². The molecule has 0 fully saturated rings. The second kappa shape index (κ2) is 45.4. The largest absolute Gasteiger partial charge is 3.00 e. The molecule has 0 saturated heterocycles. The molecule has 546 valence electrons. The summed E-state index contributed by atoms with van der Waals surface area (Å²) in [6.07, 6.45) is 7.59. The molecule has 5 aromatic heterocycles. The fourth-order valence-electron chi connectivity index (χ4n) is 10.8. The number of hydrogen-bond donors (Lipinski definition) is 0. The molecule has 1 aliphatic heterocycles. The summed E-state index contributed by atoms with van der Waals surface area (Å²) in [5.41, 5.74) is 19.6. The van der Waals surface area contributed by atoms with Crippen LogP contribution in [0.3, 0.4) is 0 Å². The molecule has 3 radical (unpaired) electrons. The molecular formula is C94H68ClF2N8Ni4-. The molecule has 16 aromatic rings. The van der Waals surface area contributed by atoms with Crippen molar-refractivity contribution in [2.75, 3.05) is 14.1 Å². The number of para-hydroxylation sites is 3. The van der Waals surface area contributed by atoms with Gasteiger partial charge < -0.3 is 14.8 Å². The van der Waals surface area contributed by atoms with E-state index in [2.05, 4.69) is 139 Å². The Hall–Kier alpha value is -11.2. The van der Waals surface area contributed by atoms with Crippen LogP contribution in [0.2, 0.25) is 0 Å². The van der Waals surface area contributed by atoms with E-state index in [1.165, 1.54) is 22.9 Å². The number of benzene rings is 11. The van der Waals surface area contributed by atoms with E-state index in [-0.39, 0.29) is 49.5 Å². The number of aromatic nitrogens is 5. The van der Waals surface area contributed by atoms with Crippen molar-refractivity contribution in [1.82, 2.24) is 34.7 Å². The van der Waals surface area contributed by atoms with Gasteiger partial charge in [-0.3, -0.25) is 19.9 Å². The summed E-state index contributed by atoms with van der Waals surface area (Å²) in [5.74, 6) is -0.967. The summed E-state index contributed by atoms with van der Waals surface area (Å²) in [4.78, 5) is 28.4. The van der Waals surface area contributed by atoms with Crippen LogP contribution in [0.15, 0.2) is 334 Å². The van der Waals surface area contributed by atoms with E-state index in [1.807, 2.05) is 293 Å². The molecule has 1 aliphatic rings.